The highest BCUT2D eigenvalue weighted by Gasteiger charge is 2.39. The Kier molecular flexibility index (Phi) is 14.1. The molecule has 0 amide bonds. The second-order valence-electron chi connectivity index (χ2n) is 2.91. The minimum absolute atomic E-state index is 0.0590. The van der Waals surface area contributed by atoms with E-state index in [4.69, 9.17) is 27.9 Å². The molecule has 0 bridgehead atoms. The highest BCUT2D eigenvalue weighted by atomic mass is 35.5. The monoisotopic (exact) mass is 356 g/mol. The molecule has 0 rings (SSSR count). The third-order valence-electron chi connectivity index (χ3n) is 0.796. The van der Waals surface area contributed by atoms with Crippen LogP contribution in [0.4, 0.5) is 25.2 Å². The minimum atomic E-state index is -6.61. The Hall–Kier alpha value is 0.297. The number of rotatable bonds is 4. The van der Waals surface area contributed by atoms with Gasteiger partial charge in [-0.1, -0.05) is 23.2 Å². The van der Waals surface area contributed by atoms with Crippen LogP contribution in [0.5, 0.6) is 0 Å². The molecule has 0 unspecified atom stereocenters. The molecule has 0 aromatic rings. The molecule has 0 saturated heterocycles. The lowest BCUT2D eigenvalue weighted by atomic mass is 10.7. The summed E-state index contributed by atoms with van der Waals surface area (Å²) < 4.78 is 70.0. The summed E-state index contributed by atoms with van der Waals surface area (Å²) in [6.07, 6.45) is -2.95. The Bertz CT molecular complexity index is 183. The highest BCUT2D eigenvalue weighted by Crippen LogP contribution is 2.19. The van der Waals surface area contributed by atoms with E-state index < -0.39 is 20.0 Å². The predicted molar refractivity (Wildman–Crippen MR) is 64.2 cm³/mol. The van der Waals surface area contributed by atoms with Crippen LogP contribution in [0.2, 0.25) is 0 Å². The normalized spacial score (nSPS) is 12.0. The highest BCUT2D eigenvalue weighted by molar-refractivity contribution is 6.50. The quantitative estimate of drug-likeness (QED) is 0.301. The number of alkyl halides is 4. The second-order valence-corrected chi connectivity index (χ2v) is 5.40. The summed E-state index contributed by atoms with van der Waals surface area (Å²) in [5.41, 5.74) is 0. The van der Waals surface area contributed by atoms with Crippen molar-refractivity contribution >= 4 is 32.6 Å². The Morgan fingerprint density at radius 3 is 1.16 bits per heavy atom. The van der Waals surface area contributed by atoms with Crippen molar-refractivity contribution in [3.05, 3.63) is 0 Å². The lowest BCUT2D eigenvalue weighted by Crippen LogP contribution is -2.14. The van der Waals surface area contributed by atoms with Gasteiger partial charge in [0.1, 0.15) is 0 Å². The van der Waals surface area contributed by atoms with E-state index in [0.29, 0.717) is 6.61 Å². The summed E-state index contributed by atoms with van der Waals surface area (Å²) in [6.45, 7) is 6.27. The van der Waals surface area contributed by atoms with Crippen molar-refractivity contribution < 1.29 is 34.7 Å². The summed E-state index contributed by atoms with van der Waals surface area (Å²) in [4.78, 5) is 0. The zero-order valence-corrected chi connectivity index (χ0v) is 13.3. The van der Waals surface area contributed by atoms with Crippen LogP contribution >= 0.6 is 23.2 Å². The van der Waals surface area contributed by atoms with E-state index in [0.717, 1.165) is 6.92 Å². The number of ether oxygens (including phenoxy) is 2. The molecule has 0 aromatic heterocycles. The molecule has 0 saturated carbocycles. The molecule has 19 heavy (non-hydrogen) atoms. The summed E-state index contributed by atoms with van der Waals surface area (Å²) in [7, 11) is -6.61. The zero-order chi connectivity index (χ0) is 16.3. The third-order valence-corrected chi connectivity index (χ3v) is 1.01. The second kappa shape index (κ2) is 11.0. The van der Waals surface area contributed by atoms with Crippen LogP contribution in [-0.4, -0.2) is 33.3 Å². The van der Waals surface area contributed by atoms with Crippen molar-refractivity contribution in [3.63, 3.8) is 0 Å². The molecule has 0 spiro atoms. The Labute approximate surface area is 119 Å². The van der Waals surface area contributed by atoms with Crippen LogP contribution in [0.15, 0.2) is 0 Å². The van der Waals surface area contributed by atoms with Crippen molar-refractivity contribution in [3.8, 4) is 0 Å². The van der Waals surface area contributed by atoms with E-state index in [1.807, 2.05) is 6.92 Å². The average Bonchev–Trinajstić information content (AvgIpc) is 1.95. The van der Waals surface area contributed by atoms with Crippen molar-refractivity contribution in [2.45, 2.75) is 38.3 Å². The standard InChI is InChI=1S/C4H8Cl2O.C4H8F2O.F4Si/c2*1-3-7-4(2,5)6;1-5(2,3)4/h2*3H2,1-2H3;. The fraction of sp³-hybridized carbons (Fsp3) is 1.00. The minimum Gasteiger partial charge on any atom is -0.347 e. The first kappa shape index (κ1) is 24.3. The van der Waals surface area contributed by atoms with Crippen LogP contribution in [0.1, 0.15) is 27.7 Å². The third kappa shape index (κ3) is 70.6. The fourth-order valence-electron chi connectivity index (χ4n) is 0.507. The van der Waals surface area contributed by atoms with Gasteiger partial charge in [0.25, 0.3) is 0 Å². The van der Waals surface area contributed by atoms with Crippen LogP contribution in [0.3, 0.4) is 0 Å². The van der Waals surface area contributed by atoms with Gasteiger partial charge in [0, 0.05) is 13.5 Å². The van der Waals surface area contributed by atoms with Gasteiger partial charge < -0.3 is 9.47 Å². The molecular weight excluding hydrogens is 341 g/mol. The molecule has 0 N–H and O–H groups in total. The van der Waals surface area contributed by atoms with Crippen LogP contribution < -0.4 is 0 Å². The molecule has 2 nitrogen and oxygen atoms in total. The molecule has 0 aliphatic carbocycles. The van der Waals surface area contributed by atoms with Crippen LogP contribution in [0.25, 0.3) is 0 Å². The van der Waals surface area contributed by atoms with E-state index in [2.05, 4.69) is 4.74 Å². The van der Waals surface area contributed by atoms with E-state index >= 15 is 0 Å². The molecule has 0 radical (unpaired) electrons. The van der Waals surface area contributed by atoms with Gasteiger partial charge in [0.2, 0.25) is 4.52 Å². The van der Waals surface area contributed by atoms with Gasteiger partial charge in [-0.3, -0.25) is 0 Å². The largest absolute Gasteiger partial charge is 0.844 e. The van der Waals surface area contributed by atoms with Gasteiger partial charge >= 0.3 is 15.5 Å². The summed E-state index contributed by atoms with van der Waals surface area (Å²) in [6, 6.07) is 0. The lowest BCUT2D eigenvalue weighted by Gasteiger charge is -2.10. The Morgan fingerprint density at radius 2 is 1.16 bits per heavy atom. The number of halogens is 8. The number of hydrogen-bond acceptors (Lipinski definition) is 2. The summed E-state index contributed by atoms with van der Waals surface area (Å²) in [5.74, 6) is 0. The SMILES string of the molecule is CCOC(C)(Cl)Cl.CCOC(C)(F)F.F[Si](F)(F)F. The van der Waals surface area contributed by atoms with Gasteiger partial charge in [0.05, 0.1) is 6.61 Å². The van der Waals surface area contributed by atoms with Crippen molar-refractivity contribution in [1.29, 1.82) is 0 Å². The smallest absolute Gasteiger partial charge is 0.347 e. The lowest BCUT2D eigenvalue weighted by molar-refractivity contribution is -0.220. The van der Waals surface area contributed by atoms with E-state index in [-0.39, 0.29) is 6.61 Å². The van der Waals surface area contributed by atoms with E-state index in [9.17, 15) is 25.2 Å². The first-order valence-electron chi connectivity index (χ1n) is 4.91. The van der Waals surface area contributed by atoms with Crippen LogP contribution in [0, 0.1) is 0 Å². The van der Waals surface area contributed by atoms with Crippen molar-refractivity contribution in [2.24, 2.45) is 0 Å². The fourth-order valence-corrected chi connectivity index (χ4v) is 0.725. The molecule has 0 aliphatic rings. The van der Waals surface area contributed by atoms with E-state index in [1.54, 1.807) is 6.92 Å². The molecule has 0 heterocycles. The van der Waals surface area contributed by atoms with Crippen molar-refractivity contribution in [2.75, 3.05) is 13.2 Å². The molecule has 11 heteroatoms. The van der Waals surface area contributed by atoms with Gasteiger partial charge in [-0.05, 0) is 20.8 Å². The Morgan fingerprint density at radius 1 is 0.895 bits per heavy atom. The van der Waals surface area contributed by atoms with Gasteiger partial charge in [-0.2, -0.15) is 8.78 Å². The van der Waals surface area contributed by atoms with Crippen molar-refractivity contribution in [1.82, 2.24) is 0 Å². The Balaban J connectivity index is -0.000000206. The van der Waals surface area contributed by atoms with Gasteiger partial charge in [0.15, 0.2) is 0 Å². The van der Waals surface area contributed by atoms with Gasteiger partial charge in [-0.25, -0.2) is 16.4 Å². The van der Waals surface area contributed by atoms with Gasteiger partial charge in [-0.15, -0.1) is 0 Å². The van der Waals surface area contributed by atoms with Crippen LogP contribution in [-0.2, 0) is 9.47 Å². The number of hydrogen-bond donors (Lipinski definition) is 0. The molecule has 0 atom stereocenters. The summed E-state index contributed by atoms with van der Waals surface area (Å²) >= 11 is 10.8. The first-order valence-corrected chi connectivity index (χ1v) is 7.18. The molecular formula is C8H16Cl2F6O2Si. The summed E-state index contributed by atoms with van der Waals surface area (Å²) in [5, 5.41) is 0. The maximum atomic E-state index is 11.5. The molecule has 0 fully saturated rings. The zero-order valence-electron chi connectivity index (χ0n) is 10.8. The predicted octanol–water partition coefficient (Wildman–Crippen LogP) is 5.11. The maximum absolute atomic E-state index is 11.5. The molecule has 0 aliphatic heterocycles. The molecule has 120 valence electrons. The molecule has 0 aromatic carbocycles. The topological polar surface area (TPSA) is 18.5 Å². The average molecular weight is 357 g/mol. The first-order chi connectivity index (χ1) is 8.12. The van der Waals surface area contributed by atoms with E-state index in [1.165, 1.54) is 6.92 Å². The maximum Gasteiger partial charge on any atom is 0.844 e.